The molecule has 1 aliphatic carbocycles. The summed E-state index contributed by atoms with van der Waals surface area (Å²) in [6, 6.07) is 16.9. The minimum absolute atomic E-state index is 0.0434. The molecule has 1 heterocycles. The van der Waals surface area contributed by atoms with Crippen molar-refractivity contribution in [3.8, 4) is 0 Å². The molecule has 2 aliphatic rings. The molecule has 1 fully saturated rings. The van der Waals surface area contributed by atoms with Crippen molar-refractivity contribution < 1.29 is 14.7 Å². The number of fused-ring (bicyclic) bond motifs is 1. The Bertz CT molecular complexity index is 865. The number of carbonyl (C=O) groups is 2. The van der Waals surface area contributed by atoms with Gasteiger partial charge in [0.2, 0.25) is 5.91 Å². The van der Waals surface area contributed by atoms with Crippen molar-refractivity contribution in [1.82, 2.24) is 15.5 Å². The van der Waals surface area contributed by atoms with Gasteiger partial charge in [-0.1, -0.05) is 54.6 Å². The Morgan fingerprint density at radius 3 is 2.41 bits per heavy atom. The summed E-state index contributed by atoms with van der Waals surface area (Å²) in [5.41, 5.74) is 3.01. The van der Waals surface area contributed by atoms with Crippen LogP contribution in [0.5, 0.6) is 0 Å². The van der Waals surface area contributed by atoms with E-state index in [4.69, 9.17) is 0 Å². The van der Waals surface area contributed by atoms with E-state index >= 15 is 0 Å². The third-order valence-electron chi connectivity index (χ3n) is 6.00. The summed E-state index contributed by atoms with van der Waals surface area (Å²) in [4.78, 5) is 27.0. The predicted octanol–water partition coefficient (Wildman–Crippen LogP) is 2.92. The molecule has 152 valence electrons. The molecule has 2 aromatic carbocycles. The summed E-state index contributed by atoms with van der Waals surface area (Å²) < 4.78 is 0. The largest absolute Gasteiger partial charge is 0.465 e. The van der Waals surface area contributed by atoms with Gasteiger partial charge in [-0.3, -0.25) is 4.79 Å². The van der Waals surface area contributed by atoms with E-state index < -0.39 is 12.1 Å². The molecule has 4 rings (SSSR count). The number of rotatable bonds is 6. The van der Waals surface area contributed by atoms with E-state index in [-0.39, 0.29) is 17.9 Å². The van der Waals surface area contributed by atoms with Crippen molar-refractivity contribution in [2.45, 2.75) is 37.3 Å². The van der Waals surface area contributed by atoms with Crippen molar-refractivity contribution in [2.75, 3.05) is 19.6 Å². The van der Waals surface area contributed by atoms with Crippen molar-refractivity contribution >= 4 is 12.0 Å². The number of nitrogens with one attached hydrogen (secondary N) is 2. The highest BCUT2D eigenvalue weighted by molar-refractivity contribution is 5.84. The number of hydrogen-bond acceptors (Lipinski definition) is 3. The van der Waals surface area contributed by atoms with Crippen LogP contribution < -0.4 is 10.6 Å². The second-order valence-electron chi connectivity index (χ2n) is 7.92. The number of benzene rings is 2. The maximum atomic E-state index is 13.4. The molecule has 3 N–H and O–H groups in total. The maximum Gasteiger partial charge on any atom is 0.405 e. The fraction of sp³-hybridized carbons (Fsp3) is 0.391. The zero-order valence-corrected chi connectivity index (χ0v) is 16.4. The normalized spacial score (nSPS) is 22.1. The highest BCUT2D eigenvalue weighted by atomic mass is 16.4. The number of nitrogens with zero attached hydrogens (tertiary/aromatic N) is 1. The number of hydrogen-bond donors (Lipinski definition) is 3. The fourth-order valence-electron chi connectivity index (χ4n) is 4.57. The van der Waals surface area contributed by atoms with Gasteiger partial charge in [0.05, 0.1) is 18.0 Å². The van der Waals surface area contributed by atoms with Crippen molar-refractivity contribution in [1.29, 1.82) is 0 Å². The van der Waals surface area contributed by atoms with Crippen LogP contribution in [0.4, 0.5) is 4.79 Å². The lowest BCUT2D eigenvalue weighted by molar-refractivity contribution is -0.123. The Hall–Kier alpha value is -2.86. The van der Waals surface area contributed by atoms with E-state index in [1.54, 1.807) is 0 Å². The molecule has 6 nitrogen and oxygen atoms in total. The van der Waals surface area contributed by atoms with E-state index in [9.17, 15) is 14.7 Å². The number of carbonyl (C=O) groups excluding carboxylic acids is 1. The first-order valence-corrected chi connectivity index (χ1v) is 10.3. The highest BCUT2D eigenvalue weighted by Gasteiger charge is 2.36. The zero-order chi connectivity index (χ0) is 20.2. The standard InChI is InChI=1S/C23H27N3O3/c27-22(19(15-26-12-6-7-13-26)16-8-2-1-3-9-16)24-20-14-17-10-4-5-11-18(17)21(20)25-23(28)29/h1-5,8-11,19-21,25H,6-7,12-15H2,(H,24,27)(H,28,29)/t19?,20-,21-/m0/s1. The second-order valence-corrected chi connectivity index (χ2v) is 7.92. The van der Waals surface area contributed by atoms with Gasteiger partial charge in [0.1, 0.15) is 0 Å². The van der Waals surface area contributed by atoms with Crippen LogP contribution in [0.25, 0.3) is 0 Å². The summed E-state index contributed by atoms with van der Waals surface area (Å²) in [7, 11) is 0. The summed E-state index contributed by atoms with van der Waals surface area (Å²) in [6.45, 7) is 2.73. The third-order valence-corrected chi connectivity index (χ3v) is 6.00. The topological polar surface area (TPSA) is 81.7 Å². The van der Waals surface area contributed by atoms with Crippen molar-refractivity contribution in [3.63, 3.8) is 0 Å². The van der Waals surface area contributed by atoms with Crippen LogP contribution in [-0.4, -0.2) is 47.7 Å². The monoisotopic (exact) mass is 393 g/mol. The Kier molecular flexibility index (Phi) is 5.81. The lowest BCUT2D eigenvalue weighted by atomic mass is 9.96. The summed E-state index contributed by atoms with van der Waals surface area (Å²) in [6.07, 6.45) is 1.89. The van der Waals surface area contributed by atoms with Crippen molar-refractivity contribution in [2.24, 2.45) is 0 Å². The molecule has 0 aromatic heterocycles. The second kappa shape index (κ2) is 8.66. The highest BCUT2D eigenvalue weighted by Crippen LogP contribution is 2.32. The lowest BCUT2D eigenvalue weighted by Crippen LogP contribution is -2.47. The average molecular weight is 393 g/mol. The molecule has 29 heavy (non-hydrogen) atoms. The average Bonchev–Trinajstić information content (AvgIpc) is 3.35. The quantitative estimate of drug-likeness (QED) is 0.705. The van der Waals surface area contributed by atoms with E-state index in [2.05, 4.69) is 15.5 Å². The number of amides is 2. The molecule has 2 aromatic rings. The molecule has 1 aliphatic heterocycles. The Balaban J connectivity index is 1.54. The van der Waals surface area contributed by atoms with Crippen molar-refractivity contribution in [3.05, 3.63) is 71.3 Å². The minimum Gasteiger partial charge on any atom is -0.465 e. The lowest BCUT2D eigenvalue weighted by Gasteiger charge is -2.27. The molecule has 0 spiro atoms. The molecule has 6 heteroatoms. The fourth-order valence-corrected chi connectivity index (χ4v) is 4.57. The van der Waals surface area contributed by atoms with Gasteiger partial charge in [0, 0.05) is 6.54 Å². The van der Waals surface area contributed by atoms with Gasteiger partial charge in [0.15, 0.2) is 0 Å². The van der Waals surface area contributed by atoms with Gasteiger partial charge in [-0.25, -0.2) is 4.79 Å². The van der Waals surface area contributed by atoms with E-state index in [1.807, 2.05) is 54.6 Å². The first kappa shape index (κ1) is 19.5. The summed E-state index contributed by atoms with van der Waals surface area (Å²) in [5, 5.41) is 15.1. The molecule has 3 atom stereocenters. The molecule has 0 saturated carbocycles. The predicted molar refractivity (Wildman–Crippen MR) is 111 cm³/mol. The maximum absolute atomic E-state index is 13.4. The molecule has 0 bridgehead atoms. The van der Waals surface area contributed by atoms with Crippen LogP contribution in [0.1, 0.15) is 41.5 Å². The van der Waals surface area contributed by atoms with Gasteiger partial charge in [0.25, 0.3) is 0 Å². The summed E-state index contributed by atoms with van der Waals surface area (Å²) >= 11 is 0. The van der Waals surface area contributed by atoms with Crippen LogP contribution >= 0.6 is 0 Å². The Morgan fingerprint density at radius 2 is 1.69 bits per heavy atom. The van der Waals surface area contributed by atoms with Crippen LogP contribution in [-0.2, 0) is 11.2 Å². The number of carboxylic acid groups (broad SMARTS) is 1. The van der Waals surface area contributed by atoms with E-state index in [1.165, 1.54) is 12.8 Å². The minimum atomic E-state index is -1.08. The van der Waals surface area contributed by atoms with Crippen LogP contribution in [0.2, 0.25) is 0 Å². The first-order valence-electron chi connectivity index (χ1n) is 10.3. The van der Waals surface area contributed by atoms with Crippen LogP contribution in [0.3, 0.4) is 0 Å². The molecule has 0 radical (unpaired) electrons. The van der Waals surface area contributed by atoms with E-state index in [0.29, 0.717) is 13.0 Å². The number of likely N-dealkylation sites (tertiary alicyclic amines) is 1. The van der Waals surface area contributed by atoms with Crippen LogP contribution in [0.15, 0.2) is 54.6 Å². The smallest absolute Gasteiger partial charge is 0.405 e. The van der Waals surface area contributed by atoms with Crippen LogP contribution in [0, 0.1) is 0 Å². The molecule has 1 saturated heterocycles. The van der Waals surface area contributed by atoms with Gasteiger partial charge >= 0.3 is 6.09 Å². The van der Waals surface area contributed by atoms with E-state index in [0.717, 1.165) is 29.8 Å². The van der Waals surface area contributed by atoms with Gasteiger partial charge in [-0.05, 0) is 49.0 Å². The SMILES string of the molecule is O=C(O)N[C@H]1c2ccccc2C[C@@H]1NC(=O)C(CN1CCCC1)c1ccccc1. The van der Waals surface area contributed by atoms with Gasteiger partial charge < -0.3 is 20.6 Å². The van der Waals surface area contributed by atoms with Gasteiger partial charge in [-0.15, -0.1) is 0 Å². The molecular formula is C23H27N3O3. The summed E-state index contributed by atoms with van der Waals surface area (Å²) in [5.74, 6) is -0.318. The first-order chi connectivity index (χ1) is 14.1. The zero-order valence-electron chi connectivity index (χ0n) is 16.4. The Morgan fingerprint density at radius 1 is 1.00 bits per heavy atom. The molecule has 1 unspecified atom stereocenters. The Labute approximate surface area is 170 Å². The third kappa shape index (κ3) is 4.43. The van der Waals surface area contributed by atoms with Gasteiger partial charge in [-0.2, -0.15) is 0 Å². The molecule has 2 amide bonds. The molecular weight excluding hydrogens is 366 g/mol.